The maximum atomic E-state index is 5.29. The second kappa shape index (κ2) is 8.47. The third kappa shape index (κ3) is 6.02. The summed E-state index contributed by atoms with van der Waals surface area (Å²) in [6, 6.07) is 1.08. The highest BCUT2D eigenvalue weighted by molar-refractivity contribution is 6.44. The molecule has 0 spiro atoms. The summed E-state index contributed by atoms with van der Waals surface area (Å²) >= 11 is 0. The van der Waals surface area contributed by atoms with Gasteiger partial charge in [0.15, 0.2) is 0 Å². The van der Waals surface area contributed by atoms with Gasteiger partial charge >= 0.3 is 9.28 Å². The molecule has 0 aromatic heterocycles. The lowest BCUT2D eigenvalue weighted by atomic mass is 10.1. The lowest BCUT2D eigenvalue weighted by molar-refractivity contribution is 0.272. The Morgan fingerprint density at radius 3 is 2.23 bits per heavy atom. The van der Waals surface area contributed by atoms with Crippen LogP contribution in [0.5, 0.6) is 0 Å². The first-order valence-electron chi connectivity index (χ1n) is 5.00. The van der Waals surface area contributed by atoms with Crippen LogP contribution in [0.3, 0.4) is 0 Å². The maximum Gasteiger partial charge on any atom is 0.321 e. The molecule has 0 saturated heterocycles. The normalized spacial score (nSPS) is 14.2. The smallest absolute Gasteiger partial charge is 0.321 e. The van der Waals surface area contributed by atoms with Crippen LogP contribution in [-0.4, -0.2) is 23.5 Å². The van der Waals surface area contributed by atoms with Crippen LogP contribution in [0, 0.1) is 5.92 Å². The molecule has 0 aliphatic heterocycles. The van der Waals surface area contributed by atoms with E-state index in [1.54, 1.807) is 14.2 Å². The van der Waals surface area contributed by atoms with E-state index < -0.39 is 9.28 Å². The SMILES string of the molecule is CCC=CC(CC)C[SiH](OC)OC. The summed E-state index contributed by atoms with van der Waals surface area (Å²) in [6.45, 7) is 4.37. The molecule has 0 fully saturated rings. The first-order valence-corrected chi connectivity index (χ1v) is 6.76. The first-order chi connectivity index (χ1) is 6.28. The van der Waals surface area contributed by atoms with Crippen molar-refractivity contribution >= 4 is 9.28 Å². The molecular weight excluding hydrogens is 180 g/mol. The van der Waals surface area contributed by atoms with Gasteiger partial charge in [-0.05, 0) is 24.8 Å². The van der Waals surface area contributed by atoms with Crippen LogP contribution in [0.1, 0.15) is 26.7 Å². The molecule has 0 N–H and O–H groups in total. The molecular formula is C10H22O2Si. The Balaban J connectivity index is 3.87. The van der Waals surface area contributed by atoms with Gasteiger partial charge in [-0.15, -0.1) is 0 Å². The Morgan fingerprint density at radius 1 is 1.23 bits per heavy atom. The van der Waals surface area contributed by atoms with Crippen molar-refractivity contribution in [2.45, 2.75) is 32.7 Å². The van der Waals surface area contributed by atoms with Crippen molar-refractivity contribution in [3.05, 3.63) is 12.2 Å². The quantitative estimate of drug-likeness (QED) is 0.466. The second-order valence-electron chi connectivity index (χ2n) is 3.14. The van der Waals surface area contributed by atoms with Crippen LogP contribution in [0.4, 0.5) is 0 Å². The minimum Gasteiger partial charge on any atom is -0.400 e. The highest BCUT2D eigenvalue weighted by Gasteiger charge is 2.14. The van der Waals surface area contributed by atoms with Gasteiger partial charge < -0.3 is 8.85 Å². The van der Waals surface area contributed by atoms with Gasteiger partial charge in [0.2, 0.25) is 0 Å². The summed E-state index contributed by atoms with van der Waals surface area (Å²) in [5.41, 5.74) is 0. The summed E-state index contributed by atoms with van der Waals surface area (Å²) in [5, 5.41) is 0. The van der Waals surface area contributed by atoms with Crippen LogP contribution in [-0.2, 0) is 8.85 Å². The Morgan fingerprint density at radius 2 is 1.85 bits per heavy atom. The molecule has 0 aliphatic rings. The van der Waals surface area contributed by atoms with Gasteiger partial charge in [-0.25, -0.2) is 0 Å². The Kier molecular flexibility index (Phi) is 8.39. The summed E-state index contributed by atoms with van der Waals surface area (Å²) < 4.78 is 10.6. The Bertz CT molecular complexity index is 133. The third-order valence-corrected chi connectivity index (χ3v) is 4.23. The van der Waals surface area contributed by atoms with Crippen LogP contribution >= 0.6 is 0 Å². The molecule has 1 atom stereocenters. The van der Waals surface area contributed by atoms with Gasteiger partial charge in [-0.1, -0.05) is 26.0 Å². The van der Waals surface area contributed by atoms with Gasteiger partial charge in [0, 0.05) is 14.2 Å². The minimum atomic E-state index is -1.36. The fraction of sp³-hybridized carbons (Fsp3) is 0.800. The number of hydrogen-bond acceptors (Lipinski definition) is 2. The number of rotatable bonds is 7. The number of hydrogen-bond donors (Lipinski definition) is 0. The molecule has 0 bridgehead atoms. The largest absolute Gasteiger partial charge is 0.400 e. The van der Waals surface area contributed by atoms with E-state index in [1.165, 1.54) is 6.42 Å². The zero-order valence-corrected chi connectivity index (χ0v) is 10.4. The predicted octanol–water partition coefficient (Wildman–Crippen LogP) is 2.49. The lowest BCUT2D eigenvalue weighted by Gasteiger charge is -2.15. The van der Waals surface area contributed by atoms with Crippen molar-refractivity contribution in [1.29, 1.82) is 0 Å². The molecule has 0 aromatic rings. The van der Waals surface area contributed by atoms with E-state index in [1.807, 2.05) is 0 Å². The van der Waals surface area contributed by atoms with Crippen LogP contribution < -0.4 is 0 Å². The zero-order chi connectivity index (χ0) is 10.1. The Hall–Kier alpha value is -0.123. The fourth-order valence-corrected chi connectivity index (χ4v) is 2.81. The third-order valence-electron chi connectivity index (χ3n) is 2.19. The van der Waals surface area contributed by atoms with Gasteiger partial charge in [0.05, 0.1) is 0 Å². The summed E-state index contributed by atoms with van der Waals surface area (Å²) in [5.74, 6) is 0.636. The van der Waals surface area contributed by atoms with Crippen molar-refractivity contribution in [3.63, 3.8) is 0 Å². The van der Waals surface area contributed by atoms with E-state index in [-0.39, 0.29) is 0 Å². The molecule has 78 valence electrons. The summed E-state index contributed by atoms with van der Waals surface area (Å²) in [6.07, 6.45) is 6.80. The fourth-order valence-electron chi connectivity index (χ4n) is 1.25. The van der Waals surface area contributed by atoms with E-state index in [0.717, 1.165) is 12.5 Å². The van der Waals surface area contributed by atoms with Crippen LogP contribution in [0.15, 0.2) is 12.2 Å². The van der Waals surface area contributed by atoms with Crippen molar-refractivity contribution in [3.8, 4) is 0 Å². The molecule has 0 heterocycles. The van der Waals surface area contributed by atoms with Gasteiger partial charge in [-0.3, -0.25) is 0 Å². The standard InChI is InChI=1S/C10H22O2Si/c1-5-7-8-10(6-2)9-13(11-3)12-4/h7-8,10,13H,5-6,9H2,1-4H3. The number of allylic oxidation sites excluding steroid dienone is 2. The predicted molar refractivity (Wildman–Crippen MR) is 59.2 cm³/mol. The monoisotopic (exact) mass is 202 g/mol. The average molecular weight is 202 g/mol. The summed E-state index contributed by atoms with van der Waals surface area (Å²) in [4.78, 5) is 0. The minimum absolute atomic E-state index is 0.636. The van der Waals surface area contributed by atoms with E-state index in [4.69, 9.17) is 8.85 Å². The lowest BCUT2D eigenvalue weighted by Crippen LogP contribution is -2.21. The van der Waals surface area contributed by atoms with Crippen LogP contribution in [0.2, 0.25) is 6.04 Å². The van der Waals surface area contributed by atoms with E-state index >= 15 is 0 Å². The highest BCUT2D eigenvalue weighted by Crippen LogP contribution is 2.14. The van der Waals surface area contributed by atoms with Gasteiger partial charge in [0.25, 0.3) is 0 Å². The highest BCUT2D eigenvalue weighted by atomic mass is 28.3. The molecule has 2 nitrogen and oxygen atoms in total. The Labute approximate surface area is 83.8 Å². The second-order valence-corrected chi connectivity index (χ2v) is 5.41. The first kappa shape index (κ1) is 12.9. The maximum absolute atomic E-state index is 5.29. The van der Waals surface area contributed by atoms with Crippen LogP contribution in [0.25, 0.3) is 0 Å². The van der Waals surface area contributed by atoms with E-state index in [9.17, 15) is 0 Å². The van der Waals surface area contributed by atoms with Crippen molar-refractivity contribution < 1.29 is 8.85 Å². The molecule has 0 radical (unpaired) electrons. The molecule has 13 heavy (non-hydrogen) atoms. The van der Waals surface area contributed by atoms with E-state index in [0.29, 0.717) is 5.92 Å². The van der Waals surface area contributed by atoms with Gasteiger partial charge in [-0.2, -0.15) is 0 Å². The molecule has 3 heteroatoms. The van der Waals surface area contributed by atoms with Crippen molar-refractivity contribution in [1.82, 2.24) is 0 Å². The topological polar surface area (TPSA) is 18.5 Å². The molecule has 0 rings (SSSR count). The molecule has 0 aliphatic carbocycles. The zero-order valence-electron chi connectivity index (χ0n) is 9.25. The average Bonchev–Trinajstić information content (AvgIpc) is 2.19. The van der Waals surface area contributed by atoms with Crippen molar-refractivity contribution in [2.75, 3.05) is 14.2 Å². The summed E-state index contributed by atoms with van der Waals surface area (Å²) in [7, 11) is 2.13. The van der Waals surface area contributed by atoms with Crippen molar-refractivity contribution in [2.24, 2.45) is 5.92 Å². The molecule has 0 amide bonds. The van der Waals surface area contributed by atoms with Gasteiger partial charge in [0.1, 0.15) is 0 Å². The molecule has 0 saturated carbocycles. The molecule has 0 aromatic carbocycles. The molecule has 1 unspecified atom stereocenters. The van der Waals surface area contributed by atoms with E-state index in [2.05, 4.69) is 26.0 Å².